The van der Waals surface area contributed by atoms with Crippen molar-refractivity contribution in [3.05, 3.63) is 83.9 Å². The van der Waals surface area contributed by atoms with Gasteiger partial charge in [-0.3, -0.25) is 4.98 Å². The van der Waals surface area contributed by atoms with E-state index in [0.29, 0.717) is 22.5 Å². The van der Waals surface area contributed by atoms with Gasteiger partial charge in [0.05, 0.1) is 10.6 Å². The van der Waals surface area contributed by atoms with Gasteiger partial charge in [-0.05, 0) is 74.1 Å². The number of aromatic nitrogens is 2. The van der Waals surface area contributed by atoms with Crippen molar-refractivity contribution in [2.24, 2.45) is 0 Å². The number of hydrogen-bond acceptors (Lipinski definition) is 5. The molecule has 4 rings (SSSR count). The lowest BCUT2D eigenvalue weighted by atomic mass is 10.0. The minimum Gasteiger partial charge on any atom is -0.429 e. The predicted octanol–water partition coefficient (Wildman–Crippen LogP) is 6.20. The van der Waals surface area contributed by atoms with Crippen molar-refractivity contribution in [1.82, 2.24) is 9.97 Å². The molecule has 8 heteroatoms. The van der Waals surface area contributed by atoms with Crippen LogP contribution in [0.1, 0.15) is 19.5 Å². The first-order chi connectivity index (χ1) is 14.7. The van der Waals surface area contributed by atoms with E-state index in [9.17, 15) is 18.3 Å². The molecule has 0 aliphatic carbocycles. The highest BCUT2D eigenvalue weighted by atomic mass is 32.2. The van der Waals surface area contributed by atoms with Gasteiger partial charge in [-0.2, -0.15) is 0 Å². The minimum atomic E-state index is -1.11. The van der Waals surface area contributed by atoms with Gasteiger partial charge in [0.2, 0.25) is 5.89 Å². The maximum Gasteiger partial charge on any atom is 0.228 e. The Bertz CT molecular complexity index is 1220. The Morgan fingerprint density at radius 3 is 2.19 bits per heavy atom. The van der Waals surface area contributed by atoms with Crippen molar-refractivity contribution in [3.63, 3.8) is 0 Å². The van der Waals surface area contributed by atoms with Crippen LogP contribution in [-0.2, 0) is 5.60 Å². The summed E-state index contributed by atoms with van der Waals surface area (Å²) in [6.45, 7) is 3.24. The maximum absolute atomic E-state index is 14.2. The molecule has 31 heavy (non-hydrogen) atoms. The van der Waals surface area contributed by atoms with Crippen LogP contribution in [0, 0.1) is 17.5 Å². The molecule has 2 aromatic heterocycles. The van der Waals surface area contributed by atoms with Gasteiger partial charge in [0.15, 0.2) is 5.09 Å². The van der Waals surface area contributed by atoms with Crippen LogP contribution in [0.2, 0.25) is 0 Å². The second-order valence-corrected chi connectivity index (χ2v) is 8.34. The van der Waals surface area contributed by atoms with Gasteiger partial charge >= 0.3 is 0 Å². The quantitative estimate of drug-likeness (QED) is 0.399. The highest BCUT2D eigenvalue weighted by Crippen LogP contribution is 2.40. The fourth-order valence-electron chi connectivity index (χ4n) is 2.83. The molecule has 1 N–H and O–H groups in total. The van der Waals surface area contributed by atoms with Crippen molar-refractivity contribution >= 4 is 11.8 Å². The Labute approximate surface area is 180 Å². The van der Waals surface area contributed by atoms with Gasteiger partial charge in [-0.25, -0.2) is 18.2 Å². The molecule has 2 heterocycles. The highest BCUT2D eigenvalue weighted by Gasteiger charge is 2.22. The summed E-state index contributed by atoms with van der Waals surface area (Å²) in [4.78, 5) is 8.95. The zero-order valence-corrected chi connectivity index (χ0v) is 17.4. The summed E-state index contributed by atoms with van der Waals surface area (Å²) in [6.07, 6.45) is 1.53. The Morgan fingerprint density at radius 2 is 1.58 bits per heavy atom. The largest absolute Gasteiger partial charge is 0.429 e. The number of halogens is 3. The molecule has 0 aliphatic rings. The highest BCUT2D eigenvalue weighted by molar-refractivity contribution is 7.99. The van der Waals surface area contributed by atoms with Crippen molar-refractivity contribution in [2.45, 2.75) is 29.4 Å². The Hall–Kier alpha value is -3.10. The second-order valence-electron chi connectivity index (χ2n) is 7.33. The molecule has 0 radical (unpaired) electrons. The van der Waals surface area contributed by atoms with Crippen molar-refractivity contribution in [1.29, 1.82) is 0 Å². The van der Waals surface area contributed by atoms with Gasteiger partial charge in [0, 0.05) is 23.4 Å². The van der Waals surface area contributed by atoms with E-state index < -0.39 is 23.1 Å². The van der Waals surface area contributed by atoms with Crippen LogP contribution in [0.15, 0.2) is 75.2 Å². The Balaban J connectivity index is 1.79. The second kappa shape index (κ2) is 8.20. The molecule has 0 amide bonds. The predicted molar refractivity (Wildman–Crippen MR) is 111 cm³/mol. The first-order valence-electron chi connectivity index (χ1n) is 9.29. The zero-order valence-electron chi connectivity index (χ0n) is 16.6. The third-order valence-corrected chi connectivity index (χ3v) is 5.46. The molecule has 0 unspecified atom stereocenters. The summed E-state index contributed by atoms with van der Waals surface area (Å²) in [7, 11) is 0. The number of nitrogens with zero attached hydrogens (tertiary/aromatic N) is 2. The number of oxazole rings is 1. The average molecular weight is 442 g/mol. The molecule has 0 spiro atoms. The lowest BCUT2D eigenvalue weighted by molar-refractivity contribution is 0.0739. The van der Waals surface area contributed by atoms with Crippen LogP contribution >= 0.6 is 11.8 Å². The van der Waals surface area contributed by atoms with Crippen LogP contribution in [0.3, 0.4) is 0 Å². The van der Waals surface area contributed by atoms with Crippen LogP contribution in [0.4, 0.5) is 13.2 Å². The minimum absolute atomic E-state index is 0.158. The molecule has 4 aromatic rings. The summed E-state index contributed by atoms with van der Waals surface area (Å²) in [6, 6.07) is 12.2. The van der Waals surface area contributed by atoms with E-state index in [2.05, 4.69) is 9.97 Å². The lowest BCUT2D eigenvalue weighted by Crippen LogP contribution is -2.17. The van der Waals surface area contributed by atoms with E-state index in [-0.39, 0.29) is 15.9 Å². The fraction of sp³-hybridized carbons (Fsp3) is 0.130. The number of pyridine rings is 1. The molecule has 0 aliphatic heterocycles. The van der Waals surface area contributed by atoms with Gasteiger partial charge in [-0.15, -0.1) is 0 Å². The van der Waals surface area contributed by atoms with Crippen molar-refractivity contribution in [2.75, 3.05) is 0 Å². The van der Waals surface area contributed by atoms with E-state index in [1.165, 1.54) is 36.5 Å². The average Bonchev–Trinajstić information content (AvgIpc) is 3.14. The van der Waals surface area contributed by atoms with E-state index in [1.807, 2.05) is 0 Å². The summed E-state index contributed by atoms with van der Waals surface area (Å²) >= 11 is 0.951. The summed E-state index contributed by atoms with van der Waals surface area (Å²) in [5, 5.41) is 10.4. The number of hydrogen-bond donors (Lipinski definition) is 1. The van der Waals surface area contributed by atoms with E-state index in [1.54, 1.807) is 26.0 Å². The SMILES string of the molecule is CC(C)(O)c1ccc(-c2nc(-c3ccc(F)cc3)oc2Sc2ccc(F)cc2F)cn1. The number of rotatable bonds is 5. The molecule has 0 bridgehead atoms. The topological polar surface area (TPSA) is 59.2 Å². The summed E-state index contributed by atoms with van der Waals surface area (Å²) in [5.41, 5.74) is 0.863. The molecule has 0 atom stereocenters. The van der Waals surface area contributed by atoms with Crippen LogP contribution in [-0.4, -0.2) is 15.1 Å². The van der Waals surface area contributed by atoms with Crippen molar-refractivity contribution in [3.8, 4) is 22.7 Å². The monoisotopic (exact) mass is 442 g/mol. The molecule has 158 valence electrons. The third kappa shape index (κ3) is 4.65. The van der Waals surface area contributed by atoms with Crippen LogP contribution in [0.25, 0.3) is 22.7 Å². The third-order valence-electron chi connectivity index (χ3n) is 4.45. The molecule has 4 nitrogen and oxygen atoms in total. The fourth-order valence-corrected chi connectivity index (χ4v) is 3.70. The Morgan fingerprint density at radius 1 is 0.903 bits per heavy atom. The standard InChI is InChI=1S/C23H17F3N2O2S/c1-23(2,29)19-10-5-14(12-27-19)20-22(31-18-9-8-16(25)11-17(18)26)30-21(28-20)13-3-6-15(24)7-4-13/h3-12,29H,1-2H3. The number of aliphatic hydroxyl groups is 1. The lowest BCUT2D eigenvalue weighted by Gasteiger charge is -2.16. The molecule has 2 aromatic carbocycles. The van der Waals surface area contributed by atoms with Crippen LogP contribution < -0.4 is 0 Å². The zero-order chi connectivity index (χ0) is 22.2. The maximum atomic E-state index is 14.2. The molecule has 0 fully saturated rings. The Kier molecular flexibility index (Phi) is 5.60. The summed E-state index contributed by atoms with van der Waals surface area (Å²) < 4.78 is 46.7. The van der Waals surface area contributed by atoms with E-state index in [4.69, 9.17) is 4.42 Å². The van der Waals surface area contributed by atoms with Gasteiger partial charge in [0.25, 0.3) is 0 Å². The number of benzene rings is 2. The van der Waals surface area contributed by atoms with Gasteiger partial charge in [-0.1, -0.05) is 0 Å². The molecule has 0 saturated heterocycles. The molecular weight excluding hydrogens is 425 g/mol. The van der Waals surface area contributed by atoms with E-state index >= 15 is 0 Å². The van der Waals surface area contributed by atoms with Gasteiger partial charge in [0.1, 0.15) is 28.7 Å². The molecule has 0 saturated carbocycles. The normalized spacial score (nSPS) is 11.7. The first kappa shape index (κ1) is 21.1. The first-order valence-corrected chi connectivity index (χ1v) is 10.1. The molecular formula is C23H17F3N2O2S. The van der Waals surface area contributed by atoms with Crippen molar-refractivity contribution < 1.29 is 22.7 Å². The smallest absolute Gasteiger partial charge is 0.228 e. The van der Waals surface area contributed by atoms with Crippen LogP contribution in [0.5, 0.6) is 0 Å². The van der Waals surface area contributed by atoms with E-state index in [0.717, 1.165) is 23.9 Å². The summed E-state index contributed by atoms with van der Waals surface area (Å²) in [5.74, 6) is -1.60. The van der Waals surface area contributed by atoms with Gasteiger partial charge < -0.3 is 9.52 Å².